The minimum Gasteiger partial charge on any atom is -0.483 e. The van der Waals surface area contributed by atoms with Gasteiger partial charge in [-0.05, 0) is 54.7 Å². The van der Waals surface area contributed by atoms with E-state index < -0.39 is 0 Å². The Morgan fingerprint density at radius 2 is 1.83 bits per heavy atom. The van der Waals surface area contributed by atoms with Gasteiger partial charge in [0.2, 0.25) is 0 Å². The number of nitrogens with zero attached hydrogens (tertiary/aromatic N) is 3. The van der Waals surface area contributed by atoms with Crippen LogP contribution in [0.5, 0.6) is 5.75 Å². The lowest BCUT2D eigenvalue weighted by atomic mass is 9.87. The molecule has 7 heteroatoms. The normalized spacial score (nSPS) is 12.8. The molecule has 3 rings (SSSR count). The van der Waals surface area contributed by atoms with Crippen LogP contribution in [-0.4, -0.2) is 14.8 Å². The van der Waals surface area contributed by atoms with Crippen LogP contribution >= 0.6 is 23.4 Å². The Hall–Kier alpha value is -2.05. The smallest absolute Gasteiger partial charge is 0.191 e. The zero-order chi connectivity index (χ0) is 21.9. The first kappa shape index (κ1) is 22.6. The van der Waals surface area contributed by atoms with Crippen LogP contribution in [0.1, 0.15) is 57.7 Å². The Balaban J connectivity index is 1.71. The number of halogens is 2. The van der Waals surface area contributed by atoms with Gasteiger partial charge in [-0.2, -0.15) is 0 Å². The first-order chi connectivity index (χ1) is 14.2. The second-order valence-corrected chi connectivity index (χ2v) is 9.49. The van der Waals surface area contributed by atoms with Gasteiger partial charge in [0.1, 0.15) is 11.6 Å². The van der Waals surface area contributed by atoms with E-state index in [0.29, 0.717) is 10.8 Å². The van der Waals surface area contributed by atoms with Gasteiger partial charge < -0.3 is 9.30 Å². The van der Waals surface area contributed by atoms with Gasteiger partial charge in [0.05, 0.1) is 0 Å². The van der Waals surface area contributed by atoms with E-state index in [1.807, 2.05) is 30.5 Å². The van der Waals surface area contributed by atoms with E-state index in [0.717, 1.165) is 28.8 Å². The molecule has 0 fully saturated rings. The molecule has 0 bridgehead atoms. The van der Waals surface area contributed by atoms with Crippen molar-refractivity contribution in [3.05, 3.63) is 70.3 Å². The van der Waals surface area contributed by atoms with Crippen LogP contribution in [0.15, 0.2) is 47.6 Å². The Morgan fingerprint density at radius 3 is 2.43 bits per heavy atom. The van der Waals surface area contributed by atoms with E-state index >= 15 is 0 Å². The second-order valence-electron chi connectivity index (χ2n) is 8.14. The highest BCUT2D eigenvalue weighted by atomic mass is 35.5. The molecule has 0 amide bonds. The van der Waals surface area contributed by atoms with Crippen molar-refractivity contribution < 1.29 is 9.13 Å². The summed E-state index contributed by atoms with van der Waals surface area (Å²) in [6.07, 6.45) is -0.248. The molecule has 0 saturated heterocycles. The summed E-state index contributed by atoms with van der Waals surface area (Å²) in [7, 11) is 0. The van der Waals surface area contributed by atoms with Gasteiger partial charge in [-0.1, -0.05) is 62.3 Å². The van der Waals surface area contributed by atoms with Crippen LogP contribution < -0.4 is 4.74 Å². The highest BCUT2D eigenvalue weighted by Gasteiger charge is 2.20. The average molecular weight is 448 g/mol. The monoisotopic (exact) mass is 447 g/mol. The second kappa shape index (κ2) is 9.40. The molecule has 0 radical (unpaired) electrons. The minimum absolute atomic E-state index is 0.103. The summed E-state index contributed by atoms with van der Waals surface area (Å²) in [5.74, 6) is 1.81. The maximum atomic E-state index is 13.2. The SMILES string of the molecule is CCn1c(SCc2ccc(F)cc2Cl)nnc1C(C)Oc1ccc(C(C)(C)C)cc1. The molecule has 1 unspecified atom stereocenters. The fraction of sp³-hybridized carbons (Fsp3) is 0.391. The van der Waals surface area contributed by atoms with Crippen LogP contribution in [0, 0.1) is 5.82 Å². The highest BCUT2D eigenvalue weighted by Crippen LogP contribution is 2.30. The van der Waals surface area contributed by atoms with Crippen molar-refractivity contribution in [2.45, 2.75) is 63.6 Å². The summed E-state index contributed by atoms with van der Waals surface area (Å²) in [6.45, 7) is 11.3. The van der Waals surface area contributed by atoms with Crippen molar-refractivity contribution >= 4 is 23.4 Å². The summed E-state index contributed by atoms with van der Waals surface area (Å²) in [4.78, 5) is 0. The molecular weight excluding hydrogens is 421 g/mol. The summed E-state index contributed by atoms with van der Waals surface area (Å²) < 4.78 is 21.4. The van der Waals surface area contributed by atoms with Crippen molar-refractivity contribution in [1.29, 1.82) is 0 Å². The summed E-state index contributed by atoms with van der Waals surface area (Å²) in [6, 6.07) is 12.6. The van der Waals surface area contributed by atoms with Gasteiger partial charge in [-0.15, -0.1) is 10.2 Å². The number of aromatic nitrogens is 3. The number of thioether (sulfide) groups is 1. The third kappa shape index (κ3) is 5.35. The summed E-state index contributed by atoms with van der Waals surface area (Å²) in [5, 5.41) is 9.90. The van der Waals surface area contributed by atoms with E-state index in [-0.39, 0.29) is 17.3 Å². The van der Waals surface area contributed by atoms with Gasteiger partial charge >= 0.3 is 0 Å². The predicted octanol–water partition coefficient (Wildman–Crippen LogP) is 6.82. The Morgan fingerprint density at radius 1 is 1.13 bits per heavy atom. The van der Waals surface area contributed by atoms with Crippen LogP contribution in [0.2, 0.25) is 5.02 Å². The molecule has 0 aliphatic rings. The number of hydrogen-bond donors (Lipinski definition) is 0. The third-order valence-corrected chi connectivity index (χ3v) is 6.20. The minimum atomic E-state index is -0.339. The Labute approximate surface area is 186 Å². The first-order valence-electron chi connectivity index (χ1n) is 9.96. The first-order valence-corrected chi connectivity index (χ1v) is 11.3. The molecule has 4 nitrogen and oxygen atoms in total. The van der Waals surface area contributed by atoms with E-state index in [1.165, 1.54) is 29.5 Å². The number of benzene rings is 2. The van der Waals surface area contributed by atoms with Gasteiger partial charge in [0, 0.05) is 17.3 Å². The maximum absolute atomic E-state index is 13.2. The van der Waals surface area contributed by atoms with Gasteiger partial charge in [0.15, 0.2) is 17.1 Å². The van der Waals surface area contributed by atoms with Gasteiger partial charge in [-0.3, -0.25) is 0 Å². The standard InChI is InChI=1S/C23H27ClFN3OS/c1-6-28-21(15(2)29-19-11-8-17(9-12-19)23(3,4)5)26-27-22(28)30-14-16-7-10-18(25)13-20(16)24/h7-13,15H,6,14H2,1-5H3. The molecule has 0 aliphatic heterocycles. The van der Waals surface area contributed by atoms with Crippen molar-refractivity contribution in [2.24, 2.45) is 0 Å². The van der Waals surface area contributed by atoms with Crippen molar-refractivity contribution in [2.75, 3.05) is 0 Å². The van der Waals surface area contributed by atoms with Crippen LogP contribution in [0.25, 0.3) is 0 Å². The molecule has 0 aliphatic carbocycles. The molecular formula is C23H27ClFN3OS. The average Bonchev–Trinajstić information content (AvgIpc) is 3.10. The zero-order valence-electron chi connectivity index (χ0n) is 17.9. The number of ether oxygens (including phenoxy) is 1. The number of rotatable bonds is 7. The molecule has 1 heterocycles. The molecule has 30 heavy (non-hydrogen) atoms. The van der Waals surface area contributed by atoms with Crippen molar-refractivity contribution in [3.63, 3.8) is 0 Å². The third-order valence-electron chi connectivity index (χ3n) is 4.83. The maximum Gasteiger partial charge on any atom is 0.191 e. The fourth-order valence-corrected chi connectivity index (χ4v) is 4.40. The molecule has 0 N–H and O–H groups in total. The van der Waals surface area contributed by atoms with Crippen LogP contribution in [-0.2, 0) is 17.7 Å². The molecule has 0 spiro atoms. The van der Waals surface area contributed by atoms with Crippen LogP contribution in [0.4, 0.5) is 4.39 Å². The molecule has 1 atom stereocenters. The van der Waals surface area contributed by atoms with Gasteiger partial charge in [0.25, 0.3) is 0 Å². The molecule has 0 saturated carbocycles. The van der Waals surface area contributed by atoms with Crippen LogP contribution in [0.3, 0.4) is 0 Å². The molecule has 160 valence electrons. The molecule has 1 aromatic heterocycles. The lowest BCUT2D eigenvalue weighted by Gasteiger charge is -2.20. The fourth-order valence-electron chi connectivity index (χ4n) is 3.08. The summed E-state index contributed by atoms with van der Waals surface area (Å²) >= 11 is 7.66. The molecule has 3 aromatic rings. The van der Waals surface area contributed by atoms with Crippen molar-refractivity contribution in [3.8, 4) is 5.75 Å². The molecule has 2 aromatic carbocycles. The Bertz CT molecular complexity index is 999. The largest absolute Gasteiger partial charge is 0.483 e. The topological polar surface area (TPSA) is 39.9 Å². The Kier molecular flexibility index (Phi) is 7.09. The van der Waals surface area contributed by atoms with E-state index in [4.69, 9.17) is 16.3 Å². The lowest BCUT2D eigenvalue weighted by Crippen LogP contribution is -2.13. The van der Waals surface area contributed by atoms with E-state index in [1.54, 1.807) is 6.07 Å². The van der Waals surface area contributed by atoms with E-state index in [2.05, 4.69) is 43.1 Å². The quantitative estimate of drug-likeness (QED) is 0.372. The highest BCUT2D eigenvalue weighted by molar-refractivity contribution is 7.98. The summed E-state index contributed by atoms with van der Waals surface area (Å²) in [5.41, 5.74) is 2.22. The van der Waals surface area contributed by atoms with Crippen molar-refractivity contribution in [1.82, 2.24) is 14.8 Å². The van der Waals surface area contributed by atoms with Gasteiger partial charge in [-0.25, -0.2) is 4.39 Å². The predicted molar refractivity (Wildman–Crippen MR) is 121 cm³/mol. The van der Waals surface area contributed by atoms with E-state index in [9.17, 15) is 4.39 Å². The number of hydrogen-bond acceptors (Lipinski definition) is 4. The zero-order valence-corrected chi connectivity index (χ0v) is 19.5. The lowest BCUT2D eigenvalue weighted by molar-refractivity contribution is 0.210.